The molecule has 2 heterocycles. The summed E-state index contributed by atoms with van der Waals surface area (Å²) in [5.74, 6) is 0. The number of pyridine rings is 1. The molecule has 20 heavy (non-hydrogen) atoms. The van der Waals surface area contributed by atoms with Crippen LogP contribution in [0.25, 0.3) is 22.2 Å². The van der Waals surface area contributed by atoms with Crippen molar-refractivity contribution in [3.8, 4) is 17.1 Å². The number of hydrogen-bond acceptors (Lipinski definition) is 3. The minimum atomic E-state index is 0.571. The lowest BCUT2D eigenvalue weighted by molar-refractivity contribution is 0.317. The van der Waals surface area contributed by atoms with Gasteiger partial charge in [0.15, 0.2) is 0 Å². The van der Waals surface area contributed by atoms with E-state index < -0.39 is 0 Å². The molecule has 0 radical (unpaired) electrons. The summed E-state index contributed by atoms with van der Waals surface area (Å²) in [6, 6.07) is 10.9. The molecule has 0 bridgehead atoms. The first-order valence-corrected chi connectivity index (χ1v) is 6.74. The predicted molar refractivity (Wildman–Crippen MR) is 80.0 cm³/mol. The Morgan fingerprint density at radius 1 is 1.00 bits per heavy atom. The van der Waals surface area contributed by atoms with Crippen molar-refractivity contribution in [1.82, 2.24) is 15.0 Å². The zero-order chi connectivity index (χ0) is 14.1. The van der Waals surface area contributed by atoms with Crippen molar-refractivity contribution in [3.05, 3.63) is 41.7 Å². The third kappa shape index (κ3) is 2.37. The average Bonchev–Trinajstić information content (AvgIpc) is 2.79. The number of H-pyrrole nitrogens is 1. The van der Waals surface area contributed by atoms with Gasteiger partial charge in [-0.3, -0.25) is 4.98 Å². The molecule has 3 aromatic rings. The van der Waals surface area contributed by atoms with Gasteiger partial charge in [0.1, 0.15) is 0 Å². The van der Waals surface area contributed by atoms with Crippen molar-refractivity contribution in [3.63, 3.8) is 0 Å². The smallest absolute Gasteiger partial charge is 0.294 e. The molecule has 4 nitrogen and oxygen atoms in total. The van der Waals surface area contributed by atoms with E-state index in [1.165, 1.54) is 5.56 Å². The Kier molecular flexibility index (Phi) is 3.14. The summed E-state index contributed by atoms with van der Waals surface area (Å²) in [7, 11) is 0. The number of benzene rings is 1. The van der Waals surface area contributed by atoms with Crippen molar-refractivity contribution in [1.29, 1.82) is 0 Å². The Morgan fingerprint density at radius 2 is 1.75 bits per heavy atom. The molecule has 1 N–H and O–H groups in total. The number of nitrogens with zero attached hydrogens (tertiary/aromatic N) is 2. The number of aromatic nitrogens is 3. The standard InChI is InChI=1S/C16H17N3O/c1-4-20-16-18-14-6-5-12(9-15(14)19-16)13-7-10(2)17-11(3)8-13/h5-9H,4H2,1-3H3,(H,18,19). The van der Waals surface area contributed by atoms with Crippen LogP contribution in [0, 0.1) is 13.8 Å². The van der Waals surface area contributed by atoms with Crippen molar-refractivity contribution >= 4 is 11.0 Å². The minimum Gasteiger partial charge on any atom is -0.465 e. The van der Waals surface area contributed by atoms with Crippen LogP contribution in [0.2, 0.25) is 0 Å². The van der Waals surface area contributed by atoms with E-state index in [0.717, 1.165) is 28.0 Å². The van der Waals surface area contributed by atoms with Gasteiger partial charge in [0, 0.05) is 11.4 Å². The number of imidazole rings is 1. The summed E-state index contributed by atoms with van der Waals surface area (Å²) >= 11 is 0. The third-order valence-corrected chi connectivity index (χ3v) is 3.16. The van der Waals surface area contributed by atoms with Gasteiger partial charge >= 0.3 is 0 Å². The minimum absolute atomic E-state index is 0.571. The van der Waals surface area contributed by atoms with Crippen LogP contribution < -0.4 is 4.74 Å². The van der Waals surface area contributed by atoms with Gasteiger partial charge < -0.3 is 9.72 Å². The summed E-state index contributed by atoms with van der Waals surface area (Å²) in [6.45, 7) is 6.58. The lowest BCUT2D eigenvalue weighted by Gasteiger charge is -2.04. The first-order valence-electron chi connectivity index (χ1n) is 6.74. The molecule has 0 atom stereocenters. The molecule has 3 rings (SSSR count). The molecule has 4 heteroatoms. The summed E-state index contributed by atoms with van der Waals surface area (Å²) in [5, 5.41) is 0. The SMILES string of the molecule is CCOc1nc2ccc(-c3cc(C)nc(C)c3)cc2[nH]1. The van der Waals surface area contributed by atoms with Crippen LogP contribution >= 0.6 is 0 Å². The predicted octanol–water partition coefficient (Wildman–Crippen LogP) is 3.64. The molecule has 0 aliphatic carbocycles. The second kappa shape index (κ2) is 4.96. The van der Waals surface area contributed by atoms with Gasteiger partial charge in [0.2, 0.25) is 0 Å². The Morgan fingerprint density at radius 3 is 2.45 bits per heavy atom. The molecular formula is C16H17N3O. The summed E-state index contributed by atoms with van der Waals surface area (Å²) in [6.07, 6.45) is 0. The molecule has 102 valence electrons. The highest BCUT2D eigenvalue weighted by atomic mass is 16.5. The monoisotopic (exact) mass is 267 g/mol. The Hall–Kier alpha value is -2.36. The lowest BCUT2D eigenvalue weighted by atomic mass is 10.0. The maximum Gasteiger partial charge on any atom is 0.294 e. The van der Waals surface area contributed by atoms with E-state index in [1.807, 2.05) is 26.8 Å². The van der Waals surface area contributed by atoms with E-state index in [2.05, 4.69) is 39.2 Å². The zero-order valence-electron chi connectivity index (χ0n) is 11.9. The van der Waals surface area contributed by atoms with E-state index in [4.69, 9.17) is 4.74 Å². The van der Waals surface area contributed by atoms with Crippen LogP contribution in [0.1, 0.15) is 18.3 Å². The fraction of sp³-hybridized carbons (Fsp3) is 0.250. The highest BCUT2D eigenvalue weighted by Gasteiger charge is 2.06. The quantitative estimate of drug-likeness (QED) is 0.788. The van der Waals surface area contributed by atoms with E-state index >= 15 is 0 Å². The number of rotatable bonds is 3. The van der Waals surface area contributed by atoms with Crippen LogP contribution in [-0.2, 0) is 0 Å². The van der Waals surface area contributed by atoms with Gasteiger partial charge in [-0.2, -0.15) is 4.98 Å². The van der Waals surface area contributed by atoms with Gasteiger partial charge in [-0.25, -0.2) is 0 Å². The van der Waals surface area contributed by atoms with E-state index in [0.29, 0.717) is 12.6 Å². The van der Waals surface area contributed by atoms with Crippen molar-refractivity contribution in [2.75, 3.05) is 6.61 Å². The lowest BCUT2D eigenvalue weighted by Crippen LogP contribution is -1.92. The summed E-state index contributed by atoms with van der Waals surface area (Å²) in [5.41, 5.74) is 6.28. The van der Waals surface area contributed by atoms with E-state index in [1.54, 1.807) is 0 Å². The molecule has 0 aliphatic rings. The van der Waals surface area contributed by atoms with Crippen LogP contribution in [0.3, 0.4) is 0 Å². The van der Waals surface area contributed by atoms with E-state index in [-0.39, 0.29) is 0 Å². The van der Waals surface area contributed by atoms with Gasteiger partial charge in [0.25, 0.3) is 6.01 Å². The third-order valence-electron chi connectivity index (χ3n) is 3.16. The molecule has 0 aliphatic heterocycles. The van der Waals surface area contributed by atoms with Gasteiger partial charge in [-0.15, -0.1) is 0 Å². The van der Waals surface area contributed by atoms with Crippen LogP contribution in [0.5, 0.6) is 6.01 Å². The van der Waals surface area contributed by atoms with Crippen molar-refractivity contribution < 1.29 is 4.74 Å². The van der Waals surface area contributed by atoms with Crippen LogP contribution in [0.4, 0.5) is 0 Å². The molecule has 0 unspecified atom stereocenters. The van der Waals surface area contributed by atoms with E-state index in [9.17, 15) is 0 Å². The molecule has 0 saturated carbocycles. The molecule has 1 aromatic carbocycles. The second-order valence-electron chi connectivity index (χ2n) is 4.85. The molecule has 0 amide bonds. The maximum absolute atomic E-state index is 5.40. The Bertz CT molecular complexity index is 741. The maximum atomic E-state index is 5.40. The number of aromatic amines is 1. The Balaban J connectivity index is 2.07. The molecule has 2 aromatic heterocycles. The van der Waals surface area contributed by atoms with Gasteiger partial charge in [0.05, 0.1) is 17.6 Å². The molecular weight excluding hydrogens is 250 g/mol. The second-order valence-corrected chi connectivity index (χ2v) is 4.85. The van der Waals surface area contributed by atoms with Gasteiger partial charge in [-0.05, 0) is 56.2 Å². The highest BCUT2D eigenvalue weighted by molar-refractivity contribution is 5.82. The topological polar surface area (TPSA) is 50.8 Å². The van der Waals surface area contributed by atoms with Crippen LogP contribution in [-0.4, -0.2) is 21.6 Å². The fourth-order valence-corrected chi connectivity index (χ4v) is 2.37. The summed E-state index contributed by atoms with van der Waals surface area (Å²) in [4.78, 5) is 12.0. The Labute approximate surface area is 117 Å². The molecule has 0 saturated heterocycles. The summed E-state index contributed by atoms with van der Waals surface area (Å²) < 4.78 is 5.40. The highest BCUT2D eigenvalue weighted by Crippen LogP contribution is 2.25. The normalized spacial score (nSPS) is 10.9. The van der Waals surface area contributed by atoms with Gasteiger partial charge in [-0.1, -0.05) is 6.07 Å². The first-order chi connectivity index (χ1) is 9.65. The number of aryl methyl sites for hydroxylation is 2. The van der Waals surface area contributed by atoms with Crippen LogP contribution in [0.15, 0.2) is 30.3 Å². The number of fused-ring (bicyclic) bond motifs is 1. The fourth-order valence-electron chi connectivity index (χ4n) is 2.37. The molecule has 0 fully saturated rings. The number of ether oxygens (including phenoxy) is 1. The zero-order valence-corrected chi connectivity index (χ0v) is 11.9. The largest absolute Gasteiger partial charge is 0.465 e. The number of nitrogens with one attached hydrogen (secondary N) is 1. The first kappa shape index (κ1) is 12.7. The average molecular weight is 267 g/mol. The van der Waals surface area contributed by atoms with Crippen molar-refractivity contribution in [2.24, 2.45) is 0 Å². The molecule has 0 spiro atoms. The number of hydrogen-bond donors (Lipinski definition) is 1. The van der Waals surface area contributed by atoms with Crippen molar-refractivity contribution in [2.45, 2.75) is 20.8 Å².